The molecule has 8 heteroatoms. The number of aryl methyl sites for hydroxylation is 2. The van der Waals surface area contributed by atoms with E-state index in [4.69, 9.17) is 4.74 Å². The third-order valence-corrected chi connectivity index (χ3v) is 9.98. The lowest BCUT2D eigenvalue weighted by molar-refractivity contribution is -0.0138. The molecular formula is C30H40N4O3S. The molecule has 0 radical (unpaired) electrons. The first-order valence-corrected chi connectivity index (χ1v) is 15.3. The van der Waals surface area contributed by atoms with Crippen molar-refractivity contribution in [1.82, 2.24) is 20.9 Å². The monoisotopic (exact) mass is 536 g/mol. The molecule has 2 atom stereocenters. The van der Waals surface area contributed by atoms with E-state index in [2.05, 4.69) is 27.0 Å². The molecule has 7 rings (SSSR count). The topological polar surface area (TPSA) is 92.3 Å². The van der Waals surface area contributed by atoms with E-state index in [0.717, 1.165) is 84.6 Å². The van der Waals surface area contributed by atoms with Gasteiger partial charge in [-0.05, 0) is 106 Å². The van der Waals surface area contributed by atoms with E-state index in [1.807, 2.05) is 26.0 Å². The first kappa shape index (κ1) is 25.7. The van der Waals surface area contributed by atoms with Gasteiger partial charge in [0.05, 0.1) is 6.04 Å². The molecule has 0 saturated heterocycles. The predicted molar refractivity (Wildman–Crippen MR) is 148 cm³/mol. The average molecular weight is 537 g/mol. The van der Waals surface area contributed by atoms with Crippen molar-refractivity contribution in [2.45, 2.75) is 102 Å². The van der Waals surface area contributed by atoms with Crippen LogP contribution in [0.1, 0.15) is 90.8 Å². The van der Waals surface area contributed by atoms with Gasteiger partial charge in [0.25, 0.3) is 5.91 Å². The molecule has 1 heterocycles. The van der Waals surface area contributed by atoms with E-state index in [0.29, 0.717) is 12.3 Å². The molecule has 5 aliphatic rings. The van der Waals surface area contributed by atoms with Gasteiger partial charge in [-0.15, -0.1) is 11.3 Å². The highest BCUT2D eigenvalue weighted by Gasteiger charge is 2.51. The summed E-state index contributed by atoms with van der Waals surface area (Å²) >= 11 is 1.43. The number of ether oxygens (including phenoxy) is 1. The minimum absolute atomic E-state index is 0.0115. The van der Waals surface area contributed by atoms with Gasteiger partial charge in [-0.1, -0.05) is 18.9 Å². The summed E-state index contributed by atoms with van der Waals surface area (Å²) in [6, 6.07) is 5.91. The summed E-state index contributed by atoms with van der Waals surface area (Å²) in [5, 5.41) is 12.4. The van der Waals surface area contributed by atoms with Crippen molar-refractivity contribution >= 4 is 23.3 Å². The van der Waals surface area contributed by atoms with Crippen LogP contribution in [0.15, 0.2) is 23.6 Å². The average Bonchev–Trinajstić information content (AvgIpc) is 3.31. The van der Waals surface area contributed by atoms with Crippen molar-refractivity contribution < 1.29 is 14.3 Å². The normalized spacial score (nSPS) is 31.6. The van der Waals surface area contributed by atoms with Crippen LogP contribution in [0.25, 0.3) is 0 Å². The second-order valence-electron chi connectivity index (χ2n) is 12.5. The number of urea groups is 1. The molecule has 1 aromatic heterocycles. The number of thiazole rings is 1. The molecule has 3 amide bonds. The van der Waals surface area contributed by atoms with Gasteiger partial charge < -0.3 is 20.7 Å². The second kappa shape index (κ2) is 10.5. The number of hydrogen-bond acceptors (Lipinski definition) is 5. The Balaban J connectivity index is 1.03. The Labute approximate surface area is 229 Å². The Kier molecular flexibility index (Phi) is 7.10. The highest BCUT2D eigenvalue weighted by Crippen LogP contribution is 2.55. The minimum Gasteiger partial charge on any atom is -0.486 e. The van der Waals surface area contributed by atoms with Gasteiger partial charge in [0.2, 0.25) is 0 Å². The van der Waals surface area contributed by atoms with Crippen molar-refractivity contribution in [3.63, 3.8) is 0 Å². The lowest BCUT2D eigenvalue weighted by Gasteiger charge is -2.56. The van der Waals surface area contributed by atoms with Gasteiger partial charge >= 0.3 is 6.03 Å². The van der Waals surface area contributed by atoms with Gasteiger partial charge in [-0.25, -0.2) is 9.78 Å². The van der Waals surface area contributed by atoms with Gasteiger partial charge in [-0.2, -0.15) is 0 Å². The van der Waals surface area contributed by atoms with E-state index in [1.165, 1.54) is 30.6 Å². The number of amides is 3. The lowest BCUT2D eigenvalue weighted by atomic mass is 9.53. The van der Waals surface area contributed by atoms with Crippen molar-refractivity contribution in [3.8, 4) is 5.75 Å². The summed E-state index contributed by atoms with van der Waals surface area (Å²) in [5.74, 6) is 3.00. The van der Waals surface area contributed by atoms with E-state index < -0.39 is 0 Å². The zero-order chi connectivity index (χ0) is 26.3. The Morgan fingerprint density at radius 1 is 0.947 bits per heavy atom. The van der Waals surface area contributed by atoms with Crippen LogP contribution in [-0.2, 0) is 6.61 Å². The first-order valence-electron chi connectivity index (χ1n) is 14.4. The van der Waals surface area contributed by atoms with Crippen LogP contribution in [0.4, 0.5) is 4.79 Å². The number of rotatable bonds is 7. The van der Waals surface area contributed by atoms with Crippen LogP contribution in [0.2, 0.25) is 0 Å². The summed E-state index contributed by atoms with van der Waals surface area (Å²) in [7, 11) is 0. The second-order valence-corrected chi connectivity index (χ2v) is 13.4. The number of nitrogens with one attached hydrogen (secondary N) is 3. The molecule has 38 heavy (non-hydrogen) atoms. The molecule has 0 unspecified atom stereocenters. The molecule has 7 nitrogen and oxygen atoms in total. The molecule has 4 bridgehead atoms. The third kappa shape index (κ3) is 5.70. The number of aromatic nitrogens is 1. The molecule has 1 aromatic carbocycles. The molecular weight excluding hydrogens is 496 g/mol. The molecule has 204 valence electrons. The maximum absolute atomic E-state index is 13.2. The summed E-state index contributed by atoms with van der Waals surface area (Å²) in [4.78, 5) is 30.8. The van der Waals surface area contributed by atoms with Gasteiger partial charge in [0.1, 0.15) is 23.1 Å². The van der Waals surface area contributed by atoms with Crippen LogP contribution in [0, 0.1) is 31.6 Å². The third-order valence-electron chi connectivity index (χ3n) is 9.16. The number of carbonyl (C=O) groups is 2. The van der Waals surface area contributed by atoms with Gasteiger partial charge in [-0.3, -0.25) is 4.79 Å². The Morgan fingerprint density at radius 3 is 2.18 bits per heavy atom. The number of hydrogen-bond donors (Lipinski definition) is 3. The van der Waals surface area contributed by atoms with E-state index >= 15 is 0 Å². The van der Waals surface area contributed by atoms with Crippen molar-refractivity contribution in [2.24, 2.45) is 17.8 Å². The highest BCUT2D eigenvalue weighted by molar-refractivity contribution is 7.09. The fourth-order valence-electron chi connectivity index (χ4n) is 8.07. The Morgan fingerprint density at radius 2 is 1.55 bits per heavy atom. The van der Waals surface area contributed by atoms with E-state index in [1.54, 1.807) is 5.38 Å². The van der Waals surface area contributed by atoms with Crippen LogP contribution < -0.4 is 20.7 Å². The summed E-state index contributed by atoms with van der Waals surface area (Å²) in [6.45, 7) is 4.43. The SMILES string of the molecule is Cc1cc(C)cc(OCc2nc(C(=O)N[C@H]3CCCC[C@H]3NC(=O)NC34CC5CC(CC(C5)C3)C4)cs2)c1. The molecule has 0 aliphatic heterocycles. The lowest BCUT2D eigenvalue weighted by Crippen LogP contribution is -2.63. The largest absolute Gasteiger partial charge is 0.486 e. The van der Waals surface area contributed by atoms with Gasteiger partial charge in [0.15, 0.2) is 0 Å². The number of nitrogens with zero attached hydrogens (tertiary/aromatic N) is 1. The predicted octanol–water partition coefficient (Wildman–Crippen LogP) is 5.65. The molecule has 5 aliphatic carbocycles. The smallest absolute Gasteiger partial charge is 0.315 e. The van der Waals surface area contributed by atoms with Crippen LogP contribution in [0.3, 0.4) is 0 Å². The molecule has 2 aromatic rings. The van der Waals surface area contributed by atoms with Crippen molar-refractivity contribution in [1.29, 1.82) is 0 Å². The van der Waals surface area contributed by atoms with E-state index in [9.17, 15) is 9.59 Å². The zero-order valence-electron chi connectivity index (χ0n) is 22.6. The molecule has 5 saturated carbocycles. The van der Waals surface area contributed by atoms with Crippen LogP contribution in [0.5, 0.6) is 5.75 Å². The Hall–Kier alpha value is -2.61. The highest BCUT2D eigenvalue weighted by atomic mass is 32.1. The maximum atomic E-state index is 13.2. The molecule has 3 N–H and O–H groups in total. The summed E-state index contributed by atoms with van der Waals surface area (Å²) < 4.78 is 5.92. The Bertz CT molecular complexity index is 1140. The van der Waals surface area contributed by atoms with Gasteiger partial charge in [0, 0.05) is 17.0 Å². The zero-order valence-corrected chi connectivity index (χ0v) is 23.4. The first-order chi connectivity index (χ1) is 18.3. The summed E-state index contributed by atoms with van der Waals surface area (Å²) in [6.07, 6.45) is 11.3. The molecule has 0 spiro atoms. The van der Waals surface area contributed by atoms with Crippen molar-refractivity contribution in [2.75, 3.05) is 0 Å². The quantitative estimate of drug-likeness (QED) is 0.427. The van der Waals surface area contributed by atoms with E-state index in [-0.39, 0.29) is 29.6 Å². The number of benzene rings is 1. The summed E-state index contributed by atoms with van der Waals surface area (Å²) in [5.41, 5.74) is 2.71. The molecule has 5 fully saturated rings. The standard InChI is InChI=1S/C30H40N4O3S/c1-18-7-19(2)9-23(8-18)37-16-27-31-26(17-38-27)28(35)32-24-5-3-4-6-25(24)33-29(36)34-30-13-20-10-21(14-30)12-22(11-20)15-30/h7-9,17,20-22,24-25H,3-6,10-16H2,1-2H3,(H,32,35)(H2,33,34,36)/t20?,21?,22?,24-,25+,30?/m0/s1. The fourth-order valence-corrected chi connectivity index (χ4v) is 8.76. The van der Waals surface area contributed by atoms with Crippen LogP contribution >= 0.6 is 11.3 Å². The van der Waals surface area contributed by atoms with Crippen molar-refractivity contribution in [3.05, 3.63) is 45.4 Å². The fraction of sp³-hybridized carbons (Fsp3) is 0.633. The number of carbonyl (C=O) groups excluding carboxylic acids is 2. The van der Waals surface area contributed by atoms with Crippen LogP contribution in [-0.4, -0.2) is 34.5 Å². The maximum Gasteiger partial charge on any atom is 0.315 e. The minimum atomic E-state index is -0.181.